The summed E-state index contributed by atoms with van der Waals surface area (Å²) in [5.74, 6) is 0.358. The van der Waals surface area contributed by atoms with Crippen LogP contribution in [-0.2, 0) is 6.54 Å². The number of nitrogens with zero attached hydrogens (tertiary/aromatic N) is 3. The first kappa shape index (κ1) is 21.9. The van der Waals surface area contributed by atoms with Crippen molar-refractivity contribution in [2.24, 2.45) is 0 Å². The van der Waals surface area contributed by atoms with E-state index in [1.165, 1.54) is 10.5 Å². The Morgan fingerprint density at radius 3 is 2.65 bits per heavy atom. The Hall–Kier alpha value is -3.94. The molecule has 1 amide bonds. The van der Waals surface area contributed by atoms with Gasteiger partial charge in [0.2, 0.25) is 0 Å². The monoisotopic (exact) mass is 457 g/mol. The van der Waals surface area contributed by atoms with Gasteiger partial charge in [-0.05, 0) is 48.7 Å². The SMILES string of the molecule is COc1ccc(CNC(=O)c2cc3c(=O)n4ccccc4nc3n(C3CCCCC3)c2=N)cc1. The third-order valence-electron chi connectivity index (χ3n) is 6.56. The molecule has 0 saturated heterocycles. The van der Waals surface area contributed by atoms with E-state index in [-0.39, 0.29) is 28.6 Å². The predicted octanol–water partition coefficient (Wildman–Crippen LogP) is 3.57. The van der Waals surface area contributed by atoms with E-state index in [2.05, 4.69) is 5.32 Å². The zero-order chi connectivity index (χ0) is 23.7. The van der Waals surface area contributed by atoms with Crippen molar-refractivity contribution in [1.29, 1.82) is 5.41 Å². The fourth-order valence-electron chi connectivity index (χ4n) is 4.74. The van der Waals surface area contributed by atoms with Gasteiger partial charge in [-0.25, -0.2) is 4.98 Å². The molecule has 1 aliphatic rings. The van der Waals surface area contributed by atoms with E-state index in [9.17, 15) is 9.59 Å². The van der Waals surface area contributed by atoms with Crippen molar-refractivity contribution in [1.82, 2.24) is 19.3 Å². The van der Waals surface area contributed by atoms with E-state index in [1.54, 1.807) is 25.4 Å². The molecular formula is C26H27N5O3. The molecule has 3 aromatic heterocycles. The quantitative estimate of drug-likeness (QED) is 0.447. The smallest absolute Gasteiger partial charge is 0.267 e. The van der Waals surface area contributed by atoms with Crippen molar-refractivity contribution < 1.29 is 9.53 Å². The van der Waals surface area contributed by atoms with Crippen molar-refractivity contribution in [3.63, 3.8) is 0 Å². The van der Waals surface area contributed by atoms with Crippen LogP contribution in [0.2, 0.25) is 0 Å². The molecule has 5 rings (SSSR count). The minimum Gasteiger partial charge on any atom is -0.497 e. The first-order valence-corrected chi connectivity index (χ1v) is 11.6. The lowest BCUT2D eigenvalue weighted by molar-refractivity contribution is 0.0948. The minimum absolute atomic E-state index is 0.0381. The maximum Gasteiger partial charge on any atom is 0.267 e. The summed E-state index contributed by atoms with van der Waals surface area (Å²) in [7, 11) is 1.61. The van der Waals surface area contributed by atoms with Gasteiger partial charge in [0.25, 0.3) is 11.5 Å². The van der Waals surface area contributed by atoms with Crippen molar-refractivity contribution in [2.75, 3.05) is 7.11 Å². The Labute approximate surface area is 196 Å². The molecule has 0 aliphatic heterocycles. The molecule has 1 saturated carbocycles. The zero-order valence-electron chi connectivity index (χ0n) is 19.1. The van der Waals surface area contributed by atoms with Crippen LogP contribution in [-0.4, -0.2) is 27.0 Å². The van der Waals surface area contributed by atoms with Gasteiger partial charge in [-0.2, -0.15) is 0 Å². The Balaban J connectivity index is 1.60. The Morgan fingerprint density at radius 1 is 1.15 bits per heavy atom. The Bertz CT molecular complexity index is 1480. The van der Waals surface area contributed by atoms with Gasteiger partial charge in [0.1, 0.15) is 22.5 Å². The normalized spacial score (nSPS) is 14.4. The molecule has 1 fully saturated rings. The molecule has 0 bridgehead atoms. The number of nitrogens with one attached hydrogen (secondary N) is 2. The minimum atomic E-state index is -0.384. The molecule has 34 heavy (non-hydrogen) atoms. The van der Waals surface area contributed by atoms with Gasteiger partial charge in [0.15, 0.2) is 0 Å². The van der Waals surface area contributed by atoms with Gasteiger partial charge in [-0.15, -0.1) is 0 Å². The highest BCUT2D eigenvalue weighted by Crippen LogP contribution is 2.29. The molecule has 8 heteroatoms. The maximum atomic E-state index is 13.4. The summed E-state index contributed by atoms with van der Waals surface area (Å²) in [6.07, 6.45) is 6.74. The summed E-state index contributed by atoms with van der Waals surface area (Å²) in [6.45, 7) is 0.304. The lowest BCUT2D eigenvalue weighted by Crippen LogP contribution is -2.36. The average molecular weight is 458 g/mol. The van der Waals surface area contributed by atoms with E-state index >= 15 is 0 Å². The van der Waals surface area contributed by atoms with Gasteiger partial charge in [-0.1, -0.05) is 37.5 Å². The van der Waals surface area contributed by atoms with Gasteiger partial charge in [0, 0.05) is 18.8 Å². The third-order valence-corrected chi connectivity index (χ3v) is 6.56. The van der Waals surface area contributed by atoms with Crippen molar-refractivity contribution in [2.45, 2.75) is 44.7 Å². The van der Waals surface area contributed by atoms with E-state index in [0.29, 0.717) is 23.2 Å². The number of carbonyl (C=O) groups excluding carboxylic acids is 1. The fraction of sp³-hybridized carbons (Fsp3) is 0.308. The van der Waals surface area contributed by atoms with Crippen LogP contribution in [0.25, 0.3) is 16.7 Å². The number of hydrogen-bond donors (Lipinski definition) is 2. The number of hydrogen-bond acceptors (Lipinski definition) is 5. The van der Waals surface area contributed by atoms with Crippen LogP contribution in [0.15, 0.2) is 59.5 Å². The highest BCUT2D eigenvalue weighted by atomic mass is 16.5. The molecule has 0 unspecified atom stereocenters. The van der Waals surface area contributed by atoms with Crippen LogP contribution in [0.5, 0.6) is 5.75 Å². The summed E-state index contributed by atoms with van der Waals surface area (Å²) >= 11 is 0. The summed E-state index contributed by atoms with van der Waals surface area (Å²) in [5.41, 5.74) is 1.95. The first-order chi connectivity index (χ1) is 16.6. The predicted molar refractivity (Wildman–Crippen MR) is 129 cm³/mol. The van der Waals surface area contributed by atoms with E-state index in [4.69, 9.17) is 15.1 Å². The number of benzene rings is 1. The highest BCUT2D eigenvalue weighted by molar-refractivity contribution is 5.96. The standard InChI is InChI=1S/C26H27N5O3/c1-34-19-12-10-17(11-13-19)16-28-25(32)20-15-21-24(29-22-9-5-6-14-30(22)26(21)33)31(23(20)27)18-7-3-2-4-8-18/h5-6,9-15,18,27H,2-4,7-8,16H2,1H3,(H,28,32). The van der Waals surface area contributed by atoms with Crippen LogP contribution in [0.3, 0.4) is 0 Å². The second-order valence-electron chi connectivity index (χ2n) is 8.68. The summed E-state index contributed by atoms with van der Waals surface area (Å²) < 4.78 is 8.47. The second-order valence-corrected chi connectivity index (χ2v) is 8.68. The van der Waals surface area contributed by atoms with Gasteiger partial charge in [0.05, 0.1) is 18.1 Å². The van der Waals surface area contributed by atoms with Crippen LogP contribution in [0, 0.1) is 5.41 Å². The summed E-state index contributed by atoms with van der Waals surface area (Å²) in [5, 5.41) is 12.2. The number of pyridine rings is 2. The number of rotatable bonds is 5. The molecule has 0 spiro atoms. The fourth-order valence-corrected chi connectivity index (χ4v) is 4.74. The maximum absolute atomic E-state index is 13.4. The Kier molecular flexibility index (Phi) is 5.88. The lowest BCUT2D eigenvalue weighted by atomic mass is 9.94. The van der Waals surface area contributed by atoms with E-state index < -0.39 is 0 Å². The highest BCUT2D eigenvalue weighted by Gasteiger charge is 2.23. The number of ether oxygens (including phenoxy) is 1. The first-order valence-electron chi connectivity index (χ1n) is 11.6. The molecule has 8 nitrogen and oxygen atoms in total. The van der Waals surface area contributed by atoms with Gasteiger partial charge < -0.3 is 14.6 Å². The molecule has 0 atom stereocenters. The largest absolute Gasteiger partial charge is 0.497 e. The third kappa shape index (κ3) is 3.96. The number of aromatic nitrogens is 3. The molecule has 1 aliphatic carbocycles. The van der Waals surface area contributed by atoms with E-state index in [1.807, 2.05) is 34.9 Å². The Morgan fingerprint density at radius 2 is 1.91 bits per heavy atom. The van der Waals surface area contributed by atoms with Crippen LogP contribution < -0.4 is 21.1 Å². The van der Waals surface area contributed by atoms with Gasteiger partial charge >= 0.3 is 0 Å². The van der Waals surface area contributed by atoms with Crippen molar-refractivity contribution in [3.8, 4) is 5.75 Å². The molecular weight excluding hydrogens is 430 g/mol. The molecule has 2 N–H and O–H groups in total. The number of methoxy groups -OCH3 is 1. The van der Waals surface area contributed by atoms with Gasteiger partial charge in [-0.3, -0.25) is 19.4 Å². The molecule has 1 aromatic carbocycles. The van der Waals surface area contributed by atoms with Crippen LogP contribution in [0.1, 0.15) is 54.1 Å². The number of fused-ring (bicyclic) bond motifs is 2. The zero-order valence-corrected chi connectivity index (χ0v) is 19.1. The van der Waals surface area contributed by atoms with Crippen LogP contribution in [0.4, 0.5) is 0 Å². The summed E-state index contributed by atoms with van der Waals surface area (Å²) in [6, 6.07) is 14.4. The second kappa shape index (κ2) is 9.13. The molecule has 174 valence electrons. The average Bonchev–Trinajstić information content (AvgIpc) is 2.88. The number of amides is 1. The molecule has 3 heterocycles. The molecule has 4 aromatic rings. The lowest BCUT2D eigenvalue weighted by Gasteiger charge is -2.26. The van der Waals surface area contributed by atoms with E-state index in [0.717, 1.165) is 43.4 Å². The molecule has 0 radical (unpaired) electrons. The topological polar surface area (TPSA) is 101 Å². The van der Waals surface area contributed by atoms with Crippen molar-refractivity contribution >= 4 is 22.6 Å². The van der Waals surface area contributed by atoms with Crippen LogP contribution >= 0.6 is 0 Å². The van der Waals surface area contributed by atoms with Crippen molar-refractivity contribution in [3.05, 3.63) is 81.7 Å². The summed E-state index contributed by atoms with van der Waals surface area (Å²) in [4.78, 5) is 31.3. The number of carbonyl (C=O) groups is 1.